The maximum atomic E-state index is 4.89. The fraction of sp³-hybridized carbons (Fsp3) is 0.500. The van der Waals surface area contributed by atoms with E-state index in [9.17, 15) is 0 Å². The summed E-state index contributed by atoms with van der Waals surface area (Å²) >= 11 is 1.85. The van der Waals surface area contributed by atoms with Gasteiger partial charge in [-0.1, -0.05) is 44.2 Å². The molecule has 2 rings (SSSR count). The number of nitrogens with one attached hydrogen (secondary N) is 1. The lowest BCUT2D eigenvalue weighted by Gasteiger charge is -2.28. The van der Waals surface area contributed by atoms with Gasteiger partial charge in [0.15, 0.2) is 0 Å². The lowest BCUT2D eigenvalue weighted by Crippen LogP contribution is -2.39. The highest BCUT2D eigenvalue weighted by molar-refractivity contribution is 7.11. The molecule has 114 valence electrons. The second-order valence-electron chi connectivity index (χ2n) is 5.72. The number of nitrogens with zero attached hydrogens (tertiary/aromatic N) is 1. The molecule has 2 aromatic rings. The first-order chi connectivity index (χ1) is 10.1. The van der Waals surface area contributed by atoms with E-state index < -0.39 is 0 Å². The first-order valence-corrected chi connectivity index (χ1v) is 8.66. The molecule has 0 aliphatic rings. The maximum absolute atomic E-state index is 4.89. The Morgan fingerprint density at radius 3 is 2.48 bits per heavy atom. The van der Waals surface area contributed by atoms with Crippen LogP contribution in [0.4, 0.5) is 0 Å². The van der Waals surface area contributed by atoms with E-state index in [1.54, 1.807) is 0 Å². The molecule has 0 aliphatic carbocycles. The van der Waals surface area contributed by atoms with Crippen LogP contribution in [0.15, 0.2) is 30.3 Å². The van der Waals surface area contributed by atoms with Crippen molar-refractivity contribution < 1.29 is 0 Å². The number of thiazole rings is 1. The number of hydrogen-bond acceptors (Lipinski definition) is 3. The van der Waals surface area contributed by atoms with Crippen molar-refractivity contribution >= 4 is 11.3 Å². The van der Waals surface area contributed by atoms with Crippen LogP contribution in [0.2, 0.25) is 0 Å². The van der Waals surface area contributed by atoms with E-state index in [1.807, 2.05) is 11.3 Å². The third kappa shape index (κ3) is 3.92. The predicted molar refractivity (Wildman–Crippen MR) is 92.0 cm³/mol. The van der Waals surface area contributed by atoms with Crippen molar-refractivity contribution in [3.8, 4) is 0 Å². The number of aryl methyl sites for hydroxylation is 3. The lowest BCUT2D eigenvalue weighted by molar-refractivity contribution is 0.346. The number of aromatic nitrogens is 1. The van der Waals surface area contributed by atoms with Crippen LogP contribution in [0.3, 0.4) is 0 Å². The molecule has 21 heavy (non-hydrogen) atoms. The molecule has 1 unspecified atom stereocenters. The lowest BCUT2D eigenvalue weighted by atomic mass is 9.93. The van der Waals surface area contributed by atoms with Crippen molar-refractivity contribution in [1.82, 2.24) is 10.3 Å². The molecule has 3 heteroatoms. The highest BCUT2D eigenvalue weighted by atomic mass is 32.1. The van der Waals surface area contributed by atoms with Gasteiger partial charge in [0, 0.05) is 4.88 Å². The third-order valence-corrected chi connectivity index (χ3v) is 5.30. The maximum Gasteiger partial charge on any atom is 0.113 e. The molecule has 2 nitrogen and oxygen atoms in total. The molecular weight excluding hydrogens is 276 g/mol. The van der Waals surface area contributed by atoms with Gasteiger partial charge in [0.25, 0.3) is 0 Å². The van der Waals surface area contributed by atoms with E-state index in [0.29, 0.717) is 0 Å². The third-order valence-electron chi connectivity index (χ3n) is 4.02. The summed E-state index contributed by atoms with van der Waals surface area (Å²) in [6.07, 6.45) is 3.16. The number of rotatable bonds is 7. The Labute approximate surface area is 132 Å². The minimum absolute atomic E-state index is 0.0343. The Balaban J connectivity index is 2.18. The van der Waals surface area contributed by atoms with E-state index >= 15 is 0 Å². The predicted octanol–water partition coefficient (Wildman–Crippen LogP) is 4.47. The summed E-state index contributed by atoms with van der Waals surface area (Å²) < 4.78 is 0. The van der Waals surface area contributed by atoms with Crippen molar-refractivity contribution in [3.63, 3.8) is 0 Å². The van der Waals surface area contributed by atoms with E-state index in [4.69, 9.17) is 4.98 Å². The highest BCUT2D eigenvalue weighted by Gasteiger charge is 2.29. The zero-order valence-electron chi connectivity index (χ0n) is 13.6. The van der Waals surface area contributed by atoms with Gasteiger partial charge in [-0.25, -0.2) is 4.98 Å². The molecule has 0 spiro atoms. The molecule has 0 saturated heterocycles. The van der Waals surface area contributed by atoms with Gasteiger partial charge in [-0.05, 0) is 45.2 Å². The Bertz CT molecular complexity index is 562. The van der Waals surface area contributed by atoms with Crippen LogP contribution in [-0.2, 0) is 18.4 Å². The minimum atomic E-state index is -0.0343. The molecular formula is C18H26N2S. The van der Waals surface area contributed by atoms with Crippen LogP contribution < -0.4 is 5.32 Å². The summed E-state index contributed by atoms with van der Waals surface area (Å²) in [7, 11) is 0. The zero-order valence-corrected chi connectivity index (χ0v) is 14.4. The fourth-order valence-electron chi connectivity index (χ4n) is 2.69. The van der Waals surface area contributed by atoms with E-state index in [1.165, 1.54) is 21.1 Å². The van der Waals surface area contributed by atoms with Gasteiger partial charge in [-0.3, -0.25) is 0 Å². The van der Waals surface area contributed by atoms with Crippen molar-refractivity contribution in [2.45, 2.75) is 52.5 Å². The molecule has 1 heterocycles. The molecule has 1 aromatic carbocycles. The monoisotopic (exact) mass is 302 g/mol. The van der Waals surface area contributed by atoms with Crippen molar-refractivity contribution in [1.29, 1.82) is 0 Å². The molecule has 0 amide bonds. The number of hydrogen-bond donors (Lipinski definition) is 1. The Kier molecular flexibility index (Phi) is 5.54. The Morgan fingerprint density at radius 2 is 1.90 bits per heavy atom. The largest absolute Gasteiger partial charge is 0.306 e. The quantitative estimate of drug-likeness (QED) is 0.816. The van der Waals surface area contributed by atoms with Crippen LogP contribution >= 0.6 is 11.3 Å². The standard InChI is InChI=1S/C18H26N2S/c1-5-16-14(3)21-17(20-16)18(4,19-6-2)13-12-15-10-8-7-9-11-15/h7-11,19H,5-6,12-13H2,1-4H3. The molecule has 0 aliphatic heterocycles. The van der Waals surface area contributed by atoms with Crippen LogP contribution in [0.25, 0.3) is 0 Å². The van der Waals surface area contributed by atoms with Gasteiger partial charge in [0.1, 0.15) is 5.01 Å². The average molecular weight is 302 g/mol. The Morgan fingerprint density at radius 1 is 1.19 bits per heavy atom. The van der Waals surface area contributed by atoms with Gasteiger partial charge in [-0.15, -0.1) is 11.3 Å². The zero-order chi connectivity index (χ0) is 15.3. The average Bonchev–Trinajstić information content (AvgIpc) is 2.88. The fourth-order valence-corrected chi connectivity index (χ4v) is 3.85. The van der Waals surface area contributed by atoms with E-state index in [-0.39, 0.29) is 5.54 Å². The molecule has 0 fully saturated rings. The molecule has 0 bridgehead atoms. The summed E-state index contributed by atoms with van der Waals surface area (Å²) in [6.45, 7) is 9.79. The summed E-state index contributed by atoms with van der Waals surface area (Å²) in [5.74, 6) is 0. The van der Waals surface area contributed by atoms with Crippen LogP contribution in [0, 0.1) is 6.92 Å². The first-order valence-electron chi connectivity index (χ1n) is 7.84. The van der Waals surface area contributed by atoms with Crippen LogP contribution in [-0.4, -0.2) is 11.5 Å². The van der Waals surface area contributed by atoms with E-state index in [0.717, 1.165) is 25.8 Å². The normalized spacial score (nSPS) is 14.1. The van der Waals surface area contributed by atoms with Crippen molar-refractivity contribution in [2.75, 3.05) is 6.54 Å². The van der Waals surface area contributed by atoms with Crippen molar-refractivity contribution in [3.05, 3.63) is 51.5 Å². The minimum Gasteiger partial charge on any atom is -0.306 e. The van der Waals surface area contributed by atoms with Gasteiger partial charge in [0.2, 0.25) is 0 Å². The molecule has 0 saturated carbocycles. The second-order valence-corrected chi connectivity index (χ2v) is 6.93. The van der Waals surface area contributed by atoms with Crippen molar-refractivity contribution in [2.24, 2.45) is 0 Å². The Hall–Kier alpha value is -1.19. The van der Waals surface area contributed by atoms with Gasteiger partial charge >= 0.3 is 0 Å². The molecule has 1 aromatic heterocycles. The summed E-state index contributed by atoms with van der Waals surface area (Å²) in [6, 6.07) is 10.7. The topological polar surface area (TPSA) is 24.9 Å². The smallest absolute Gasteiger partial charge is 0.113 e. The van der Waals surface area contributed by atoms with Gasteiger partial charge < -0.3 is 5.32 Å². The summed E-state index contributed by atoms with van der Waals surface area (Å²) in [5.41, 5.74) is 2.61. The van der Waals surface area contributed by atoms with E-state index in [2.05, 4.69) is 63.3 Å². The second kappa shape index (κ2) is 7.19. The summed E-state index contributed by atoms with van der Waals surface area (Å²) in [5, 5.41) is 4.89. The molecule has 0 radical (unpaired) electrons. The number of benzene rings is 1. The summed E-state index contributed by atoms with van der Waals surface area (Å²) in [4.78, 5) is 6.25. The molecule has 1 atom stereocenters. The molecule has 1 N–H and O–H groups in total. The highest BCUT2D eigenvalue weighted by Crippen LogP contribution is 2.31. The van der Waals surface area contributed by atoms with Crippen LogP contribution in [0.5, 0.6) is 0 Å². The SMILES string of the molecule is CCNC(C)(CCc1ccccc1)c1nc(CC)c(C)s1. The van der Waals surface area contributed by atoms with Crippen LogP contribution in [0.1, 0.15) is 48.3 Å². The first kappa shape index (κ1) is 16.2. The van der Waals surface area contributed by atoms with Gasteiger partial charge in [0.05, 0.1) is 11.2 Å². The van der Waals surface area contributed by atoms with Gasteiger partial charge in [-0.2, -0.15) is 0 Å².